The number of aromatic nitrogens is 1. The van der Waals surface area contributed by atoms with E-state index in [2.05, 4.69) is 33.9 Å². The van der Waals surface area contributed by atoms with Crippen molar-refractivity contribution in [3.05, 3.63) is 95.2 Å². The van der Waals surface area contributed by atoms with Crippen molar-refractivity contribution in [3.8, 4) is 0 Å². The van der Waals surface area contributed by atoms with Crippen LogP contribution in [-0.2, 0) is 28.9 Å². The summed E-state index contributed by atoms with van der Waals surface area (Å²) in [7, 11) is 0. The van der Waals surface area contributed by atoms with Gasteiger partial charge in [-0.3, -0.25) is 10.1 Å². The van der Waals surface area contributed by atoms with Gasteiger partial charge in [0.25, 0.3) is 0 Å². The van der Waals surface area contributed by atoms with Gasteiger partial charge in [-0.15, -0.1) is 0 Å². The van der Waals surface area contributed by atoms with Crippen LogP contribution >= 0.6 is 0 Å². The smallest absolute Gasteiger partial charge is 0.411 e. The van der Waals surface area contributed by atoms with Gasteiger partial charge in [0.2, 0.25) is 5.91 Å². The molecule has 2 aliphatic heterocycles. The van der Waals surface area contributed by atoms with Gasteiger partial charge in [-0.05, 0) is 70.5 Å². The summed E-state index contributed by atoms with van der Waals surface area (Å²) in [6.45, 7) is 2.64. The van der Waals surface area contributed by atoms with Crippen LogP contribution in [0.15, 0.2) is 72.9 Å². The molecule has 0 spiro atoms. The van der Waals surface area contributed by atoms with Crippen molar-refractivity contribution in [1.29, 1.82) is 0 Å². The van der Waals surface area contributed by atoms with Crippen LogP contribution in [0.25, 0.3) is 10.8 Å². The molecule has 0 fully saturated rings. The number of nitrogens with two attached hydrogens (primary N) is 1. The number of anilines is 3. The van der Waals surface area contributed by atoms with Crippen molar-refractivity contribution in [3.63, 3.8) is 0 Å². The predicted octanol–water partition coefficient (Wildman–Crippen LogP) is 4.95. The number of hydrogen-bond acceptors (Lipinski definition) is 6. The molecule has 0 saturated carbocycles. The van der Waals surface area contributed by atoms with E-state index < -0.39 is 12.1 Å². The van der Waals surface area contributed by atoms with Crippen LogP contribution in [0.3, 0.4) is 0 Å². The molecule has 37 heavy (non-hydrogen) atoms. The lowest BCUT2D eigenvalue weighted by atomic mass is 9.95. The summed E-state index contributed by atoms with van der Waals surface area (Å²) in [5, 5.41) is 11.0. The molecule has 8 nitrogen and oxygen atoms in total. The van der Waals surface area contributed by atoms with Crippen molar-refractivity contribution >= 4 is 40.0 Å². The maximum atomic E-state index is 13.6. The summed E-state index contributed by atoms with van der Waals surface area (Å²) in [6.07, 6.45) is 2.55. The molecule has 188 valence electrons. The summed E-state index contributed by atoms with van der Waals surface area (Å²) in [6, 6.07) is 20.4. The van der Waals surface area contributed by atoms with Crippen LogP contribution in [0.1, 0.15) is 35.2 Å². The summed E-state index contributed by atoms with van der Waals surface area (Å²) in [4.78, 5) is 30.0. The first-order valence-electron chi connectivity index (χ1n) is 12.3. The Morgan fingerprint density at radius 3 is 2.84 bits per heavy atom. The van der Waals surface area contributed by atoms with Gasteiger partial charge in [0.15, 0.2) is 0 Å². The minimum atomic E-state index is -0.622. The average Bonchev–Trinajstić information content (AvgIpc) is 2.90. The highest BCUT2D eigenvalue weighted by molar-refractivity contribution is 5.94. The molecule has 1 atom stereocenters. The molecule has 1 unspecified atom stereocenters. The second kappa shape index (κ2) is 10.6. The largest absolute Gasteiger partial charge is 0.449 e. The predicted molar refractivity (Wildman–Crippen MR) is 145 cm³/mol. The number of ether oxygens (including phenoxy) is 1. The number of nitrogens with zero attached hydrogens (tertiary/aromatic N) is 1. The van der Waals surface area contributed by atoms with Crippen molar-refractivity contribution in [2.24, 2.45) is 0 Å². The summed E-state index contributed by atoms with van der Waals surface area (Å²) >= 11 is 0. The first kappa shape index (κ1) is 24.1. The van der Waals surface area contributed by atoms with Gasteiger partial charge in [0.1, 0.15) is 11.9 Å². The SMILES string of the molecule is CCc1cc2ccc1CCOC(=O)Nc1cccc(c1)CNC(=O)C2Nc1ccc2c(N)nccc2c1. The highest BCUT2D eigenvalue weighted by Crippen LogP contribution is 2.27. The molecule has 5 N–H and O–H groups in total. The molecule has 4 aromatic rings. The van der Waals surface area contributed by atoms with Crippen molar-refractivity contribution in [2.75, 3.05) is 23.0 Å². The maximum absolute atomic E-state index is 13.6. The van der Waals surface area contributed by atoms with Gasteiger partial charge >= 0.3 is 6.09 Å². The quantitative estimate of drug-likeness (QED) is 0.319. The van der Waals surface area contributed by atoms with Gasteiger partial charge in [-0.2, -0.15) is 0 Å². The zero-order valence-corrected chi connectivity index (χ0v) is 20.6. The highest BCUT2D eigenvalue weighted by Gasteiger charge is 2.22. The molecule has 1 aromatic heterocycles. The van der Waals surface area contributed by atoms with Crippen molar-refractivity contribution in [2.45, 2.75) is 32.4 Å². The minimum Gasteiger partial charge on any atom is -0.449 e. The lowest BCUT2D eigenvalue weighted by Gasteiger charge is -2.22. The molecule has 3 heterocycles. The van der Waals surface area contributed by atoms with Crippen LogP contribution in [0.4, 0.5) is 22.0 Å². The molecule has 4 bridgehead atoms. The number of amides is 2. The lowest BCUT2D eigenvalue weighted by Crippen LogP contribution is -2.33. The van der Waals surface area contributed by atoms with E-state index in [-0.39, 0.29) is 12.5 Å². The topological polar surface area (TPSA) is 118 Å². The Morgan fingerprint density at radius 1 is 1.08 bits per heavy atom. The fourth-order valence-electron chi connectivity index (χ4n) is 4.61. The number of rotatable bonds is 3. The van der Waals surface area contributed by atoms with E-state index in [1.54, 1.807) is 12.3 Å². The van der Waals surface area contributed by atoms with Gasteiger partial charge in [-0.25, -0.2) is 9.78 Å². The number of nitrogens with one attached hydrogen (secondary N) is 3. The Kier molecular flexibility index (Phi) is 6.89. The zero-order chi connectivity index (χ0) is 25.8. The van der Waals surface area contributed by atoms with Crippen LogP contribution in [0.2, 0.25) is 0 Å². The third kappa shape index (κ3) is 5.48. The third-order valence-electron chi connectivity index (χ3n) is 6.56. The monoisotopic (exact) mass is 495 g/mol. The van der Waals surface area contributed by atoms with E-state index in [1.807, 2.05) is 54.6 Å². The zero-order valence-electron chi connectivity index (χ0n) is 20.6. The number of aryl methyl sites for hydroxylation is 1. The Hall–Kier alpha value is -4.59. The second-order valence-corrected chi connectivity index (χ2v) is 9.02. The number of pyridine rings is 1. The number of hydrogen-bond donors (Lipinski definition) is 4. The van der Waals surface area contributed by atoms with Gasteiger partial charge in [0.05, 0.1) is 6.61 Å². The van der Waals surface area contributed by atoms with E-state index in [9.17, 15) is 9.59 Å². The van der Waals surface area contributed by atoms with E-state index in [0.717, 1.165) is 45.1 Å². The number of benzene rings is 3. The molecule has 6 rings (SSSR count). The molecule has 8 heteroatoms. The van der Waals surface area contributed by atoms with Crippen LogP contribution in [0.5, 0.6) is 0 Å². The summed E-state index contributed by atoms with van der Waals surface area (Å²) < 4.78 is 5.41. The van der Waals surface area contributed by atoms with Gasteiger partial charge < -0.3 is 21.1 Å². The summed E-state index contributed by atoms with van der Waals surface area (Å²) in [5.41, 5.74) is 11.3. The first-order chi connectivity index (χ1) is 18.0. The average molecular weight is 496 g/mol. The normalized spacial score (nSPS) is 16.1. The fourth-order valence-corrected chi connectivity index (χ4v) is 4.61. The fraction of sp³-hybridized carbons (Fsp3) is 0.207. The molecule has 2 aliphatic rings. The molecular weight excluding hydrogens is 466 g/mol. The third-order valence-corrected chi connectivity index (χ3v) is 6.56. The lowest BCUT2D eigenvalue weighted by molar-refractivity contribution is -0.122. The highest BCUT2D eigenvalue weighted by atomic mass is 16.5. The van der Waals surface area contributed by atoms with E-state index in [4.69, 9.17) is 10.5 Å². The maximum Gasteiger partial charge on any atom is 0.411 e. The Labute approximate surface area is 215 Å². The van der Waals surface area contributed by atoms with Crippen molar-refractivity contribution in [1.82, 2.24) is 10.3 Å². The first-order valence-corrected chi connectivity index (χ1v) is 12.3. The Bertz CT molecular complexity index is 1470. The van der Waals surface area contributed by atoms with Gasteiger partial charge in [-0.1, -0.05) is 37.3 Å². The number of nitrogen functional groups attached to an aromatic ring is 1. The molecule has 0 radical (unpaired) electrons. The van der Waals surface area contributed by atoms with E-state index in [1.165, 1.54) is 0 Å². The van der Waals surface area contributed by atoms with E-state index in [0.29, 0.717) is 24.5 Å². The van der Waals surface area contributed by atoms with Gasteiger partial charge in [0, 0.05) is 35.9 Å². The number of carbonyl (C=O) groups is 2. The van der Waals surface area contributed by atoms with E-state index >= 15 is 0 Å². The molecule has 0 aliphatic carbocycles. The standard InChI is InChI=1S/C29H29N5O3/c1-2-19-15-22-7-6-20(19)11-13-37-29(36)34-23-5-3-4-18(14-23)17-32-28(35)26(22)33-24-8-9-25-21(16-24)10-12-31-27(25)30/h3-10,12,14-16,26,33H,2,11,13,17H2,1H3,(H2,30,31)(H,32,35)(H,34,36). The minimum absolute atomic E-state index is 0.158. The molecular formula is C29H29N5O3. The van der Waals surface area contributed by atoms with Crippen molar-refractivity contribution < 1.29 is 14.3 Å². The van der Waals surface area contributed by atoms with Crippen LogP contribution in [-0.4, -0.2) is 23.6 Å². The molecule has 3 aromatic carbocycles. The second-order valence-electron chi connectivity index (χ2n) is 9.02. The number of carbonyl (C=O) groups excluding carboxylic acids is 2. The Balaban J connectivity index is 1.51. The molecule has 2 amide bonds. The Morgan fingerprint density at radius 2 is 1.97 bits per heavy atom. The van der Waals surface area contributed by atoms with Crippen LogP contribution < -0.4 is 21.7 Å². The number of fused-ring (bicyclic) bond motifs is 10. The van der Waals surface area contributed by atoms with Crippen LogP contribution in [0, 0.1) is 0 Å². The molecule has 0 saturated heterocycles. The summed E-state index contributed by atoms with van der Waals surface area (Å²) in [5.74, 6) is 0.311.